The zero-order chi connectivity index (χ0) is 13.6. The summed E-state index contributed by atoms with van der Waals surface area (Å²) >= 11 is 0. The van der Waals surface area contributed by atoms with Gasteiger partial charge in [0.25, 0.3) is 0 Å². The van der Waals surface area contributed by atoms with Crippen molar-refractivity contribution in [3.8, 4) is 0 Å². The van der Waals surface area contributed by atoms with Gasteiger partial charge in [-0.05, 0) is 30.9 Å². The van der Waals surface area contributed by atoms with Crippen LogP contribution < -0.4 is 4.72 Å². The van der Waals surface area contributed by atoms with Crippen LogP contribution in [0.25, 0.3) is 0 Å². The molecule has 0 saturated carbocycles. The van der Waals surface area contributed by atoms with Crippen molar-refractivity contribution in [2.45, 2.75) is 24.7 Å². The van der Waals surface area contributed by atoms with Crippen molar-refractivity contribution >= 4 is 10.0 Å². The molecule has 0 spiro atoms. The van der Waals surface area contributed by atoms with E-state index in [2.05, 4.69) is 4.72 Å². The van der Waals surface area contributed by atoms with Crippen molar-refractivity contribution in [1.29, 1.82) is 0 Å². The minimum atomic E-state index is -3.78. The average molecular weight is 275 g/mol. The summed E-state index contributed by atoms with van der Waals surface area (Å²) < 4.78 is 39.2. The number of rotatable bonds is 7. The molecule has 2 N–H and O–H groups in total. The van der Waals surface area contributed by atoms with Gasteiger partial charge in [-0.1, -0.05) is 19.1 Å². The van der Waals surface area contributed by atoms with E-state index in [0.717, 1.165) is 12.5 Å². The van der Waals surface area contributed by atoms with E-state index in [1.807, 2.05) is 6.92 Å². The zero-order valence-corrected chi connectivity index (χ0v) is 11.1. The third-order valence-corrected chi connectivity index (χ3v) is 4.10. The third-order valence-electron chi connectivity index (χ3n) is 2.60. The molecule has 0 fully saturated rings. The van der Waals surface area contributed by atoms with Crippen LogP contribution in [0.1, 0.15) is 19.8 Å². The quantitative estimate of drug-likeness (QED) is 0.741. The number of nitrogens with one attached hydrogen (secondary N) is 1. The van der Waals surface area contributed by atoms with Gasteiger partial charge in [-0.2, -0.15) is 0 Å². The normalized spacial score (nSPS) is 13.5. The molecule has 0 radical (unpaired) electrons. The standard InChI is InChI=1S/C12H18FNO3S/c1-10(9-15)5-4-8-14-18(16,17)12-7-3-2-6-11(12)13/h2-3,6-7,10,14-15H,4-5,8-9H2,1H3. The van der Waals surface area contributed by atoms with E-state index in [1.54, 1.807) is 0 Å². The number of halogens is 1. The van der Waals surface area contributed by atoms with Gasteiger partial charge in [0.15, 0.2) is 0 Å². The molecule has 1 rings (SSSR count). The molecule has 0 saturated heterocycles. The van der Waals surface area contributed by atoms with Gasteiger partial charge in [-0.25, -0.2) is 17.5 Å². The Labute approximate surface area is 107 Å². The average Bonchev–Trinajstić information content (AvgIpc) is 2.34. The number of aliphatic hydroxyl groups excluding tert-OH is 1. The number of aliphatic hydroxyl groups is 1. The summed E-state index contributed by atoms with van der Waals surface area (Å²) in [5.41, 5.74) is 0. The van der Waals surface area contributed by atoms with Crippen molar-refractivity contribution in [2.75, 3.05) is 13.2 Å². The highest BCUT2D eigenvalue weighted by atomic mass is 32.2. The van der Waals surface area contributed by atoms with Crippen LogP contribution in [0.2, 0.25) is 0 Å². The number of sulfonamides is 1. The highest BCUT2D eigenvalue weighted by Gasteiger charge is 2.17. The van der Waals surface area contributed by atoms with Crippen molar-refractivity contribution in [3.05, 3.63) is 30.1 Å². The summed E-state index contributed by atoms with van der Waals surface area (Å²) in [6, 6.07) is 5.26. The van der Waals surface area contributed by atoms with Crippen molar-refractivity contribution in [2.24, 2.45) is 5.92 Å². The second-order valence-corrected chi connectivity index (χ2v) is 5.99. The molecule has 1 aromatic rings. The second-order valence-electron chi connectivity index (χ2n) is 4.26. The van der Waals surface area contributed by atoms with Crippen LogP contribution in [0, 0.1) is 11.7 Å². The maximum absolute atomic E-state index is 13.3. The summed E-state index contributed by atoms with van der Waals surface area (Å²) in [7, 11) is -3.78. The first kappa shape index (κ1) is 15.1. The van der Waals surface area contributed by atoms with E-state index in [9.17, 15) is 12.8 Å². The number of benzene rings is 1. The molecule has 0 aliphatic heterocycles. The largest absolute Gasteiger partial charge is 0.396 e. The predicted molar refractivity (Wildman–Crippen MR) is 67.1 cm³/mol. The van der Waals surface area contributed by atoms with Gasteiger partial charge in [-0.3, -0.25) is 0 Å². The molecule has 0 aliphatic carbocycles. The fourth-order valence-corrected chi connectivity index (χ4v) is 2.64. The van der Waals surface area contributed by atoms with Gasteiger partial charge in [0.1, 0.15) is 10.7 Å². The Morgan fingerprint density at radius 2 is 2.06 bits per heavy atom. The highest BCUT2D eigenvalue weighted by Crippen LogP contribution is 2.13. The van der Waals surface area contributed by atoms with Gasteiger partial charge in [-0.15, -0.1) is 0 Å². The Bertz CT molecular complexity index is 476. The highest BCUT2D eigenvalue weighted by molar-refractivity contribution is 7.89. The van der Waals surface area contributed by atoms with Crippen LogP contribution >= 0.6 is 0 Å². The van der Waals surface area contributed by atoms with Crippen molar-refractivity contribution in [1.82, 2.24) is 4.72 Å². The molecule has 1 atom stereocenters. The summed E-state index contributed by atoms with van der Waals surface area (Å²) in [6.07, 6.45) is 1.33. The van der Waals surface area contributed by atoms with E-state index < -0.39 is 15.8 Å². The maximum Gasteiger partial charge on any atom is 0.243 e. The lowest BCUT2D eigenvalue weighted by Gasteiger charge is -2.09. The molecule has 6 heteroatoms. The molecule has 1 aromatic carbocycles. The topological polar surface area (TPSA) is 66.4 Å². The first-order valence-electron chi connectivity index (χ1n) is 5.82. The fraction of sp³-hybridized carbons (Fsp3) is 0.500. The van der Waals surface area contributed by atoms with E-state index in [4.69, 9.17) is 5.11 Å². The maximum atomic E-state index is 13.3. The lowest BCUT2D eigenvalue weighted by molar-refractivity contribution is 0.228. The van der Waals surface area contributed by atoms with Gasteiger partial charge in [0.05, 0.1) is 0 Å². The molecular formula is C12H18FNO3S. The van der Waals surface area contributed by atoms with Crippen LogP contribution in [0.4, 0.5) is 4.39 Å². The summed E-state index contributed by atoms with van der Waals surface area (Å²) in [5, 5.41) is 8.82. The third kappa shape index (κ3) is 4.36. The SMILES string of the molecule is CC(CO)CCCNS(=O)(=O)c1ccccc1F. The molecule has 0 bridgehead atoms. The first-order valence-corrected chi connectivity index (χ1v) is 7.30. The van der Waals surface area contributed by atoms with Crippen LogP contribution in [0.3, 0.4) is 0 Å². The van der Waals surface area contributed by atoms with Crippen LogP contribution in [-0.4, -0.2) is 26.7 Å². The van der Waals surface area contributed by atoms with E-state index in [0.29, 0.717) is 6.42 Å². The monoisotopic (exact) mass is 275 g/mol. The molecule has 0 aliphatic rings. The smallest absolute Gasteiger partial charge is 0.243 e. The predicted octanol–water partition coefficient (Wildman–Crippen LogP) is 1.51. The summed E-state index contributed by atoms with van der Waals surface area (Å²) in [4.78, 5) is -0.333. The number of hydrogen-bond acceptors (Lipinski definition) is 3. The molecule has 1 unspecified atom stereocenters. The second kappa shape index (κ2) is 6.82. The lowest BCUT2D eigenvalue weighted by Crippen LogP contribution is -2.26. The lowest BCUT2D eigenvalue weighted by atomic mass is 10.1. The van der Waals surface area contributed by atoms with Gasteiger partial charge >= 0.3 is 0 Å². The van der Waals surface area contributed by atoms with Crippen LogP contribution in [0.5, 0.6) is 0 Å². The fourth-order valence-electron chi connectivity index (χ4n) is 1.49. The Hall–Kier alpha value is -0.980. The molecule has 0 amide bonds. The molecule has 18 heavy (non-hydrogen) atoms. The first-order chi connectivity index (χ1) is 8.47. The number of hydrogen-bond donors (Lipinski definition) is 2. The minimum absolute atomic E-state index is 0.0834. The molecule has 102 valence electrons. The molecule has 0 heterocycles. The molecule has 4 nitrogen and oxygen atoms in total. The Kier molecular flexibility index (Phi) is 5.71. The van der Waals surface area contributed by atoms with Crippen molar-refractivity contribution in [3.63, 3.8) is 0 Å². The minimum Gasteiger partial charge on any atom is -0.396 e. The Balaban J connectivity index is 2.54. The molecule has 0 aromatic heterocycles. The molecular weight excluding hydrogens is 257 g/mol. The Morgan fingerprint density at radius 1 is 1.39 bits per heavy atom. The van der Waals surface area contributed by atoms with Gasteiger partial charge in [0, 0.05) is 13.2 Å². The Morgan fingerprint density at radius 3 is 2.67 bits per heavy atom. The van der Waals surface area contributed by atoms with Gasteiger partial charge in [0.2, 0.25) is 10.0 Å². The summed E-state index contributed by atoms with van der Waals surface area (Å²) in [6.45, 7) is 2.20. The van der Waals surface area contributed by atoms with Crippen LogP contribution in [-0.2, 0) is 10.0 Å². The van der Waals surface area contributed by atoms with E-state index >= 15 is 0 Å². The van der Waals surface area contributed by atoms with Crippen LogP contribution in [0.15, 0.2) is 29.2 Å². The zero-order valence-electron chi connectivity index (χ0n) is 10.3. The summed E-state index contributed by atoms with van der Waals surface area (Å²) in [5.74, 6) is -0.614. The van der Waals surface area contributed by atoms with Crippen molar-refractivity contribution < 1.29 is 17.9 Å². The van der Waals surface area contributed by atoms with E-state index in [-0.39, 0.29) is 24.0 Å². The van der Waals surface area contributed by atoms with E-state index in [1.165, 1.54) is 18.2 Å². The van der Waals surface area contributed by atoms with Gasteiger partial charge < -0.3 is 5.11 Å².